The van der Waals surface area contributed by atoms with E-state index in [9.17, 15) is 9.59 Å². The van der Waals surface area contributed by atoms with Crippen LogP contribution in [0.1, 0.15) is 42.5 Å². The molecule has 1 fully saturated rings. The normalized spacial score (nSPS) is 20.2. The van der Waals surface area contributed by atoms with Crippen LogP contribution < -0.4 is 14.4 Å². The van der Waals surface area contributed by atoms with Crippen molar-refractivity contribution in [2.45, 2.75) is 53.1 Å². The zero-order valence-electron chi connectivity index (χ0n) is 20.0. The summed E-state index contributed by atoms with van der Waals surface area (Å²) < 4.78 is 11.9. The van der Waals surface area contributed by atoms with Crippen LogP contribution in [0.5, 0.6) is 11.5 Å². The zero-order valence-corrected chi connectivity index (χ0v) is 20.7. The first-order valence-electron chi connectivity index (χ1n) is 11.4. The van der Waals surface area contributed by atoms with E-state index in [2.05, 4.69) is 4.90 Å². The summed E-state index contributed by atoms with van der Waals surface area (Å²) in [6.45, 7) is 12.0. The predicted octanol–water partition coefficient (Wildman–Crippen LogP) is 4.62. The molecule has 2 heterocycles. The molecule has 4 rings (SSSR count). The van der Waals surface area contributed by atoms with Gasteiger partial charge in [-0.2, -0.15) is 0 Å². The van der Waals surface area contributed by atoms with Gasteiger partial charge >= 0.3 is 5.97 Å². The molecule has 0 spiro atoms. The van der Waals surface area contributed by atoms with Crippen LogP contribution >= 0.6 is 11.6 Å². The van der Waals surface area contributed by atoms with Crippen molar-refractivity contribution in [3.8, 4) is 11.5 Å². The minimum atomic E-state index is -0.915. The van der Waals surface area contributed by atoms with Crippen LogP contribution in [0.4, 0.5) is 5.69 Å². The molecule has 0 radical (unpaired) electrons. The molecule has 0 aliphatic carbocycles. The van der Waals surface area contributed by atoms with E-state index >= 15 is 0 Å². The van der Waals surface area contributed by atoms with Crippen molar-refractivity contribution in [3.05, 3.63) is 51.5 Å². The van der Waals surface area contributed by atoms with Crippen LogP contribution in [0.2, 0.25) is 5.02 Å². The fraction of sp³-hybridized carbons (Fsp3) is 0.462. The van der Waals surface area contributed by atoms with Gasteiger partial charge in [-0.25, -0.2) is 0 Å². The summed E-state index contributed by atoms with van der Waals surface area (Å²) in [5.41, 5.74) is 3.92. The number of hydrogen-bond acceptors (Lipinski definition) is 5. The lowest BCUT2D eigenvalue weighted by Gasteiger charge is -2.42. The molecular weight excluding hydrogens is 440 g/mol. The minimum Gasteiger partial charge on any atom is -0.477 e. The molecule has 1 atom stereocenters. The fourth-order valence-electron chi connectivity index (χ4n) is 4.84. The van der Waals surface area contributed by atoms with Crippen LogP contribution in [0.15, 0.2) is 24.3 Å². The van der Waals surface area contributed by atoms with Crippen molar-refractivity contribution in [2.75, 3.05) is 31.1 Å². The summed E-state index contributed by atoms with van der Waals surface area (Å²) in [5, 5.41) is 0.718. The number of ether oxygens (including phenoxy) is 2. The third-order valence-corrected chi connectivity index (χ3v) is 7.20. The summed E-state index contributed by atoms with van der Waals surface area (Å²) in [6.07, 6.45) is 1.28. The second-order valence-corrected chi connectivity index (χ2v) is 9.63. The molecule has 0 aromatic heterocycles. The Balaban J connectivity index is 1.50. The van der Waals surface area contributed by atoms with E-state index in [4.69, 9.17) is 21.1 Å². The number of halogens is 1. The Morgan fingerprint density at radius 2 is 1.64 bits per heavy atom. The first-order valence-corrected chi connectivity index (χ1v) is 11.8. The molecule has 1 saturated heterocycles. The highest BCUT2D eigenvalue weighted by molar-refractivity contribution is 6.30. The van der Waals surface area contributed by atoms with Crippen LogP contribution in [0.25, 0.3) is 0 Å². The van der Waals surface area contributed by atoms with Gasteiger partial charge in [0.1, 0.15) is 11.5 Å². The molecule has 7 heteroatoms. The van der Waals surface area contributed by atoms with Gasteiger partial charge < -0.3 is 19.3 Å². The second-order valence-electron chi connectivity index (χ2n) is 9.19. The maximum Gasteiger partial charge on any atom is 0.308 e. The first-order chi connectivity index (χ1) is 15.6. The van der Waals surface area contributed by atoms with E-state index in [0.717, 1.165) is 51.8 Å². The number of anilines is 1. The van der Waals surface area contributed by atoms with E-state index in [-0.39, 0.29) is 11.9 Å². The van der Waals surface area contributed by atoms with Crippen molar-refractivity contribution in [1.82, 2.24) is 4.90 Å². The first kappa shape index (κ1) is 23.4. The van der Waals surface area contributed by atoms with Gasteiger partial charge in [0, 0.05) is 55.8 Å². The highest BCUT2D eigenvalue weighted by Gasteiger charge is 2.43. The van der Waals surface area contributed by atoms with Gasteiger partial charge in [-0.05, 0) is 75.1 Å². The molecule has 1 unspecified atom stereocenters. The molecule has 0 saturated carbocycles. The Kier molecular flexibility index (Phi) is 6.32. The zero-order chi connectivity index (χ0) is 23.9. The van der Waals surface area contributed by atoms with Crippen LogP contribution in [0.3, 0.4) is 0 Å². The number of rotatable bonds is 3. The Hall–Kier alpha value is -2.73. The maximum absolute atomic E-state index is 13.6. The Labute approximate surface area is 200 Å². The molecule has 2 aromatic carbocycles. The number of nitrogens with zero attached hydrogens (tertiary/aromatic N) is 2. The van der Waals surface area contributed by atoms with Crippen molar-refractivity contribution in [2.24, 2.45) is 0 Å². The molecule has 0 N–H and O–H groups in total. The summed E-state index contributed by atoms with van der Waals surface area (Å²) in [7, 11) is 0. The maximum atomic E-state index is 13.6. The molecule has 176 valence electrons. The number of carbonyl (C=O) groups excluding carboxylic acids is 2. The lowest BCUT2D eigenvalue weighted by Crippen LogP contribution is -2.57. The smallest absolute Gasteiger partial charge is 0.308 e. The second kappa shape index (κ2) is 8.90. The molecule has 2 aromatic rings. The summed E-state index contributed by atoms with van der Waals surface area (Å²) in [6, 6.07) is 7.81. The molecule has 2 aliphatic heterocycles. The Morgan fingerprint density at radius 3 is 2.24 bits per heavy atom. The van der Waals surface area contributed by atoms with E-state index in [1.54, 1.807) is 0 Å². The average Bonchev–Trinajstić information content (AvgIpc) is 2.80. The molecule has 6 nitrogen and oxygen atoms in total. The van der Waals surface area contributed by atoms with Crippen LogP contribution in [0, 0.1) is 20.8 Å². The summed E-state index contributed by atoms with van der Waals surface area (Å²) >= 11 is 6.01. The highest BCUT2D eigenvalue weighted by Crippen LogP contribution is 2.44. The quantitative estimate of drug-likeness (QED) is 0.483. The van der Waals surface area contributed by atoms with Gasteiger partial charge in [-0.15, -0.1) is 0 Å². The number of piperazine rings is 1. The van der Waals surface area contributed by atoms with E-state index in [1.807, 2.05) is 56.9 Å². The van der Waals surface area contributed by atoms with Crippen molar-refractivity contribution in [1.29, 1.82) is 0 Å². The fourth-order valence-corrected chi connectivity index (χ4v) is 4.96. The predicted molar refractivity (Wildman–Crippen MR) is 130 cm³/mol. The minimum absolute atomic E-state index is 0.0303. The van der Waals surface area contributed by atoms with Crippen molar-refractivity contribution < 1.29 is 19.1 Å². The number of carbonyl (C=O) groups is 2. The molecule has 33 heavy (non-hydrogen) atoms. The molecule has 2 aliphatic rings. The third kappa shape index (κ3) is 4.41. The largest absolute Gasteiger partial charge is 0.477 e. The number of amides is 1. The Bertz CT molecular complexity index is 1090. The van der Waals surface area contributed by atoms with Gasteiger partial charge in [0.15, 0.2) is 5.60 Å². The van der Waals surface area contributed by atoms with Gasteiger partial charge in [-0.1, -0.05) is 11.6 Å². The van der Waals surface area contributed by atoms with Crippen LogP contribution in [-0.2, 0) is 16.0 Å². The van der Waals surface area contributed by atoms with Crippen molar-refractivity contribution >= 4 is 29.2 Å². The molecular formula is C26H31ClN2O4. The van der Waals surface area contributed by atoms with E-state index in [0.29, 0.717) is 31.7 Å². The Morgan fingerprint density at radius 1 is 1.00 bits per heavy atom. The summed E-state index contributed by atoms with van der Waals surface area (Å²) in [5.74, 6) is 1.05. The number of esters is 1. The van der Waals surface area contributed by atoms with Gasteiger partial charge in [0.05, 0.1) is 0 Å². The van der Waals surface area contributed by atoms with E-state index < -0.39 is 5.60 Å². The highest BCUT2D eigenvalue weighted by atomic mass is 35.5. The number of benzene rings is 2. The summed E-state index contributed by atoms with van der Waals surface area (Å²) in [4.78, 5) is 29.3. The average molecular weight is 471 g/mol. The number of hydrogen-bond donors (Lipinski definition) is 0. The topological polar surface area (TPSA) is 59.1 Å². The van der Waals surface area contributed by atoms with E-state index in [1.165, 1.54) is 6.92 Å². The monoisotopic (exact) mass is 470 g/mol. The molecule has 0 bridgehead atoms. The van der Waals surface area contributed by atoms with Gasteiger partial charge in [-0.3, -0.25) is 9.59 Å². The number of fused-ring (bicyclic) bond motifs is 1. The lowest BCUT2D eigenvalue weighted by atomic mass is 9.86. The van der Waals surface area contributed by atoms with Crippen LogP contribution in [-0.4, -0.2) is 48.6 Å². The lowest BCUT2D eigenvalue weighted by molar-refractivity contribution is -0.148. The van der Waals surface area contributed by atoms with Crippen molar-refractivity contribution in [3.63, 3.8) is 0 Å². The van der Waals surface area contributed by atoms with Gasteiger partial charge in [0.25, 0.3) is 5.91 Å². The van der Waals surface area contributed by atoms with Gasteiger partial charge in [0.2, 0.25) is 0 Å². The SMILES string of the molecule is CC(=O)Oc1c(C)c(C)c2c(c1C)CCC(C)(C(=O)N1CCN(c3ccc(Cl)cc3)CC1)O2. The molecule has 1 amide bonds. The third-order valence-electron chi connectivity index (χ3n) is 6.95. The standard InChI is InChI=1S/C26H31ClN2O4/c1-16-17(2)24-22(18(3)23(16)32-19(4)30)10-11-26(5,33-24)25(31)29-14-12-28(13-15-29)21-8-6-20(27)7-9-21/h6-9H,10-15H2,1-5H3.